The highest BCUT2D eigenvalue weighted by atomic mass is 16.7. The topological polar surface area (TPSA) is 72.8 Å². The SMILES string of the molecule is C=C(C)C(=O)OC1CCCCO1.CC(=CCc1ccccc1)C(=O)O. The zero-order valence-corrected chi connectivity index (χ0v) is 14.9. The van der Waals surface area contributed by atoms with E-state index in [0.29, 0.717) is 24.2 Å². The number of hydrogen-bond acceptors (Lipinski definition) is 4. The van der Waals surface area contributed by atoms with Crippen molar-refractivity contribution in [1.82, 2.24) is 0 Å². The molecule has 1 aliphatic heterocycles. The summed E-state index contributed by atoms with van der Waals surface area (Å²) in [5.74, 6) is -1.21. The summed E-state index contributed by atoms with van der Waals surface area (Å²) < 4.78 is 10.2. The minimum atomic E-state index is -0.851. The maximum atomic E-state index is 11.0. The lowest BCUT2D eigenvalue weighted by atomic mass is 10.1. The van der Waals surface area contributed by atoms with Gasteiger partial charge in [0.25, 0.3) is 0 Å². The summed E-state index contributed by atoms with van der Waals surface area (Å²) in [6, 6.07) is 9.78. The molecule has 5 heteroatoms. The van der Waals surface area contributed by atoms with Crippen LogP contribution in [-0.2, 0) is 25.5 Å². The minimum absolute atomic E-state index is 0.344. The lowest BCUT2D eigenvalue weighted by molar-refractivity contribution is -0.182. The summed E-state index contributed by atoms with van der Waals surface area (Å²) in [7, 11) is 0. The molecule has 0 aromatic heterocycles. The van der Waals surface area contributed by atoms with Gasteiger partial charge in [-0.15, -0.1) is 0 Å². The summed E-state index contributed by atoms with van der Waals surface area (Å²) in [4.78, 5) is 21.5. The van der Waals surface area contributed by atoms with Crippen molar-refractivity contribution in [3.8, 4) is 0 Å². The Labute approximate surface area is 149 Å². The lowest BCUT2D eigenvalue weighted by Crippen LogP contribution is -2.25. The molecular weight excluding hydrogens is 320 g/mol. The molecule has 0 aliphatic carbocycles. The number of carbonyl (C=O) groups excluding carboxylic acids is 1. The second-order valence-corrected chi connectivity index (χ2v) is 5.86. The molecule has 1 heterocycles. The van der Waals surface area contributed by atoms with Gasteiger partial charge in [-0.05, 0) is 38.7 Å². The summed E-state index contributed by atoms with van der Waals surface area (Å²) >= 11 is 0. The molecule has 25 heavy (non-hydrogen) atoms. The molecule has 0 amide bonds. The van der Waals surface area contributed by atoms with Gasteiger partial charge in [0.2, 0.25) is 6.29 Å². The van der Waals surface area contributed by atoms with E-state index < -0.39 is 5.97 Å². The third kappa shape index (κ3) is 8.86. The first kappa shape index (κ1) is 20.6. The van der Waals surface area contributed by atoms with Crippen LogP contribution in [0.1, 0.15) is 38.7 Å². The Morgan fingerprint density at radius 3 is 2.48 bits per heavy atom. The smallest absolute Gasteiger partial charge is 0.335 e. The van der Waals surface area contributed by atoms with Crippen LogP contribution in [0.4, 0.5) is 0 Å². The second kappa shape index (κ2) is 11.2. The highest BCUT2D eigenvalue weighted by Crippen LogP contribution is 2.14. The molecule has 1 N–H and O–H groups in total. The van der Waals surface area contributed by atoms with E-state index in [4.69, 9.17) is 14.6 Å². The van der Waals surface area contributed by atoms with Gasteiger partial charge in [0.1, 0.15) is 0 Å². The van der Waals surface area contributed by atoms with Crippen molar-refractivity contribution in [2.45, 2.75) is 45.8 Å². The molecule has 0 saturated carbocycles. The van der Waals surface area contributed by atoms with Gasteiger partial charge in [-0.25, -0.2) is 9.59 Å². The molecule has 1 saturated heterocycles. The summed E-state index contributed by atoms with van der Waals surface area (Å²) in [5.41, 5.74) is 1.94. The van der Waals surface area contributed by atoms with Crippen molar-refractivity contribution in [2.75, 3.05) is 6.61 Å². The van der Waals surface area contributed by atoms with Crippen LogP contribution in [0.3, 0.4) is 0 Å². The van der Waals surface area contributed by atoms with Crippen LogP contribution >= 0.6 is 0 Å². The molecule has 1 aliphatic rings. The van der Waals surface area contributed by atoms with E-state index in [-0.39, 0.29) is 12.3 Å². The zero-order valence-electron chi connectivity index (χ0n) is 14.9. The molecule has 1 unspecified atom stereocenters. The third-order valence-corrected chi connectivity index (χ3v) is 3.55. The van der Waals surface area contributed by atoms with Gasteiger partial charge >= 0.3 is 11.9 Å². The Kier molecular flexibility index (Phi) is 9.25. The number of aliphatic carboxylic acids is 1. The molecule has 1 aromatic carbocycles. The van der Waals surface area contributed by atoms with Crippen molar-refractivity contribution in [3.05, 3.63) is 59.7 Å². The predicted molar refractivity (Wildman–Crippen MR) is 96.0 cm³/mol. The molecule has 136 valence electrons. The number of carboxylic acids is 1. The van der Waals surface area contributed by atoms with E-state index in [9.17, 15) is 9.59 Å². The third-order valence-electron chi connectivity index (χ3n) is 3.55. The standard InChI is InChI=1S/C11H12O2.C9H14O3/c1-9(11(12)13)7-8-10-5-3-2-4-6-10;1-7(2)9(10)12-8-5-3-4-6-11-8/h2-7H,8H2,1H3,(H,12,13);8H,1,3-6H2,2H3. The van der Waals surface area contributed by atoms with Crippen molar-refractivity contribution in [1.29, 1.82) is 0 Å². The van der Waals surface area contributed by atoms with Gasteiger partial charge in [-0.2, -0.15) is 0 Å². The Morgan fingerprint density at radius 1 is 1.28 bits per heavy atom. The number of esters is 1. The van der Waals surface area contributed by atoms with E-state index in [1.165, 1.54) is 0 Å². The predicted octanol–water partition coefficient (Wildman–Crippen LogP) is 3.89. The molecule has 1 aromatic rings. The van der Waals surface area contributed by atoms with Crippen LogP contribution in [0.15, 0.2) is 54.1 Å². The summed E-state index contributed by atoms with van der Waals surface area (Å²) in [6.07, 6.45) is 4.98. The van der Waals surface area contributed by atoms with Crippen molar-refractivity contribution < 1.29 is 24.2 Å². The first-order valence-corrected chi connectivity index (χ1v) is 8.32. The van der Waals surface area contributed by atoms with Crippen LogP contribution in [0.5, 0.6) is 0 Å². The fourth-order valence-electron chi connectivity index (χ4n) is 2.00. The van der Waals surface area contributed by atoms with Gasteiger partial charge in [0.05, 0.1) is 6.61 Å². The van der Waals surface area contributed by atoms with Crippen molar-refractivity contribution in [3.63, 3.8) is 0 Å². The van der Waals surface area contributed by atoms with Crippen LogP contribution in [-0.4, -0.2) is 29.9 Å². The van der Waals surface area contributed by atoms with E-state index >= 15 is 0 Å². The maximum absolute atomic E-state index is 11.0. The number of benzene rings is 1. The van der Waals surface area contributed by atoms with Crippen molar-refractivity contribution in [2.24, 2.45) is 0 Å². The van der Waals surface area contributed by atoms with Crippen LogP contribution in [0.25, 0.3) is 0 Å². The highest BCUT2D eigenvalue weighted by molar-refractivity contribution is 5.87. The van der Waals surface area contributed by atoms with E-state index in [2.05, 4.69) is 6.58 Å². The summed E-state index contributed by atoms with van der Waals surface area (Å²) in [5, 5.41) is 8.59. The molecule has 0 spiro atoms. The normalized spacial score (nSPS) is 17.0. The van der Waals surface area contributed by atoms with Gasteiger partial charge in [-0.1, -0.05) is 43.0 Å². The van der Waals surface area contributed by atoms with Gasteiger partial charge in [-0.3, -0.25) is 0 Å². The van der Waals surface area contributed by atoms with E-state index in [0.717, 1.165) is 24.8 Å². The van der Waals surface area contributed by atoms with Gasteiger partial charge < -0.3 is 14.6 Å². The van der Waals surface area contributed by atoms with E-state index in [1.54, 1.807) is 19.9 Å². The molecule has 1 atom stereocenters. The molecule has 0 bridgehead atoms. The lowest BCUT2D eigenvalue weighted by Gasteiger charge is -2.22. The number of carboxylic acid groups (broad SMARTS) is 1. The maximum Gasteiger partial charge on any atom is 0.335 e. The van der Waals surface area contributed by atoms with Gasteiger partial charge in [0.15, 0.2) is 0 Å². The Balaban J connectivity index is 0.000000251. The van der Waals surface area contributed by atoms with Crippen LogP contribution < -0.4 is 0 Å². The zero-order chi connectivity index (χ0) is 18.7. The minimum Gasteiger partial charge on any atom is -0.478 e. The summed E-state index contributed by atoms with van der Waals surface area (Å²) in [6.45, 7) is 7.41. The molecule has 5 nitrogen and oxygen atoms in total. The average Bonchev–Trinajstić information content (AvgIpc) is 2.61. The molecule has 1 fully saturated rings. The molecule has 2 rings (SSSR count). The first-order chi connectivity index (χ1) is 11.9. The number of ether oxygens (including phenoxy) is 2. The van der Waals surface area contributed by atoms with Crippen LogP contribution in [0.2, 0.25) is 0 Å². The number of allylic oxidation sites excluding steroid dienone is 1. The molecule has 0 radical (unpaired) electrons. The fourth-order valence-corrected chi connectivity index (χ4v) is 2.00. The molecular formula is C20H26O5. The largest absolute Gasteiger partial charge is 0.478 e. The number of carbonyl (C=O) groups is 2. The number of hydrogen-bond donors (Lipinski definition) is 1. The van der Waals surface area contributed by atoms with Crippen molar-refractivity contribution >= 4 is 11.9 Å². The Bertz CT molecular complexity index is 598. The second-order valence-electron chi connectivity index (χ2n) is 5.86. The van der Waals surface area contributed by atoms with Gasteiger partial charge in [0, 0.05) is 17.6 Å². The Hall–Kier alpha value is -2.40. The first-order valence-electron chi connectivity index (χ1n) is 8.32. The van der Waals surface area contributed by atoms with Crippen LogP contribution in [0, 0.1) is 0 Å². The van der Waals surface area contributed by atoms with E-state index in [1.807, 2.05) is 30.3 Å². The average molecular weight is 346 g/mol. The monoisotopic (exact) mass is 346 g/mol. The quantitative estimate of drug-likeness (QED) is 0.647. The fraction of sp³-hybridized carbons (Fsp3) is 0.400. The Morgan fingerprint density at radius 2 is 1.96 bits per heavy atom. The number of rotatable bonds is 5. The highest BCUT2D eigenvalue weighted by Gasteiger charge is 2.17.